The average molecular weight is 559 g/mol. The van der Waals surface area contributed by atoms with Gasteiger partial charge in [0.2, 0.25) is 0 Å². The van der Waals surface area contributed by atoms with Gasteiger partial charge in [0.25, 0.3) is 0 Å². The number of rotatable bonds is 8. The normalized spacial score (nSPS) is 18.6. The average Bonchev–Trinajstić information content (AvgIpc) is 3.62. The highest BCUT2D eigenvalue weighted by Crippen LogP contribution is 2.37. The number of fused-ring (bicyclic) bond motifs is 3. The predicted molar refractivity (Wildman–Crippen MR) is 149 cm³/mol. The molecule has 0 aliphatic carbocycles. The number of piperidine rings is 1. The number of benzene rings is 1. The molecule has 0 amide bonds. The zero-order valence-electron chi connectivity index (χ0n) is 22.3. The van der Waals surface area contributed by atoms with E-state index in [1.807, 2.05) is 31.6 Å². The molecule has 0 saturated carbocycles. The first-order chi connectivity index (χ1) is 19.9. The molecule has 12 heteroatoms. The summed E-state index contributed by atoms with van der Waals surface area (Å²) >= 11 is 0. The second-order valence-corrected chi connectivity index (χ2v) is 10.5. The molecule has 5 aromatic rings. The van der Waals surface area contributed by atoms with Gasteiger partial charge in [0, 0.05) is 73.7 Å². The SMILES string of the molecule is Cn1cc(-c2nc(-c3ccc(N4CC5CC(C4)N5Cc4cc(F)ccc4O)nc3)c3cc(OCCF)[nH]c3n2)cn1. The van der Waals surface area contributed by atoms with Gasteiger partial charge >= 0.3 is 0 Å². The number of aromatic amines is 1. The summed E-state index contributed by atoms with van der Waals surface area (Å²) in [5.41, 5.74) is 3.45. The molecule has 210 valence electrons. The van der Waals surface area contributed by atoms with Gasteiger partial charge in [-0.05, 0) is 36.8 Å². The lowest BCUT2D eigenvalue weighted by Crippen LogP contribution is -2.68. The van der Waals surface area contributed by atoms with E-state index in [-0.39, 0.29) is 18.2 Å². The third kappa shape index (κ3) is 4.73. The molecule has 10 nitrogen and oxygen atoms in total. The van der Waals surface area contributed by atoms with E-state index in [9.17, 15) is 13.9 Å². The lowest BCUT2D eigenvalue weighted by Gasteiger charge is -2.56. The number of nitrogens with zero attached hydrogens (tertiary/aromatic N) is 7. The van der Waals surface area contributed by atoms with Crippen LogP contribution in [0.3, 0.4) is 0 Å². The van der Waals surface area contributed by atoms with Gasteiger partial charge in [0.15, 0.2) is 11.7 Å². The Kier molecular flexibility index (Phi) is 6.26. The molecule has 0 radical (unpaired) electrons. The largest absolute Gasteiger partial charge is 0.508 e. The molecule has 2 N–H and O–H groups in total. The van der Waals surface area contributed by atoms with Crippen molar-refractivity contribution in [2.24, 2.45) is 7.05 Å². The summed E-state index contributed by atoms with van der Waals surface area (Å²) < 4.78 is 33.6. The number of phenols is 1. The van der Waals surface area contributed by atoms with E-state index in [2.05, 4.69) is 24.9 Å². The maximum atomic E-state index is 13.7. The molecule has 1 aromatic carbocycles. The van der Waals surface area contributed by atoms with Crippen molar-refractivity contribution in [1.82, 2.24) is 34.6 Å². The lowest BCUT2D eigenvalue weighted by molar-refractivity contribution is -0.00921. The van der Waals surface area contributed by atoms with Crippen LogP contribution >= 0.6 is 0 Å². The zero-order valence-corrected chi connectivity index (χ0v) is 22.3. The Hall–Kier alpha value is -4.58. The van der Waals surface area contributed by atoms with Crippen LogP contribution in [0.15, 0.2) is 55.0 Å². The number of alkyl halides is 1. The Balaban J connectivity index is 1.13. The first kappa shape index (κ1) is 25.4. The van der Waals surface area contributed by atoms with Crippen LogP contribution in [0.5, 0.6) is 11.6 Å². The molecule has 2 unspecified atom stereocenters. The summed E-state index contributed by atoms with van der Waals surface area (Å²) in [7, 11) is 1.83. The van der Waals surface area contributed by atoms with Gasteiger partial charge in [-0.2, -0.15) is 5.10 Å². The van der Waals surface area contributed by atoms with E-state index in [0.29, 0.717) is 47.2 Å². The second kappa shape index (κ2) is 10.1. The minimum atomic E-state index is -0.594. The molecular formula is C29H28F2N8O2. The number of hydrogen-bond acceptors (Lipinski definition) is 8. The summed E-state index contributed by atoms with van der Waals surface area (Å²) in [6.07, 6.45) is 6.43. The van der Waals surface area contributed by atoms with Crippen LogP contribution in [-0.2, 0) is 13.6 Å². The Morgan fingerprint density at radius 2 is 1.93 bits per heavy atom. The fourth-order valence-electron chi connectivity index (χ4n) is 5.82. The first-order valence-electron chi connectivity index (χ1n) is 13.5. The van der Waals surface area contributed by atoms with Crippen molar-refractivity contribution in [2.75, 3.05) is 31.3 Å². The summed E-state index contributed by atoms with van der Waals surface area (Å²) in [4.78, 5) is 22.0. The number of aromatic nitrogens is 6. The monoisotopic (exact) mass is 558 g/mol. The smallest absolute Gasteiger partial charge is 0.193 e. The van der Waals surface area contributed by atoms with Crippen LogP contribution in [0, 0.1) is 5.82 Å². The van der Waals surface area contributed by atoms with Crippen molar-refractivity contribution in [3.63, 3.8) is 0 Å². The lowest BCUT2D eigenvalue weighted by atomic mass is 9.86. The second-order valence-electron chi connectivity index (χ2n) is 10.5. The van der Waals surface area contributed by atoms with E-state index < -0.39 is 6.67 Å². The van der Waals surface area contributed by atoms with Crippen LogP contribution in [0.4, 0.5) is 14.6 Å². The van der Waals surface area contributed by atoms with Crippen molar-refractivity contribution in [3.05, 3.63) is 66.4 Å². The number of halogens is 2. The van der Waals surface area contributed by atoms with Gasteiger partial charge in [0.1, 0.15) is 36.3 Å². The molecule has 7 heterocycles. The molecule has 2 bridgehead atoms. The summed E-state index contributed by atoms with van der Waals surface area (Å²) in [6.45, 7) is 1.48. The van der Waals surface area contributed by atoms with E-state index in [1.165, 1.54) is 18.2 Å². The number of phenolic OH excluding ortho intramolecular Hbond substituents is 1. The molecule has 0 spiro atoms. The Morgan fingerprint density at radius 1 is 1.07 bits per heavy atom. The van der Waals surface area contributed by atoms with Crippen LogP contribution in [0.1, 0.15) is 12.0 Å². The van der Waals surface area contributed by atoms with Gasteiger partial charge in [-0.3, -0.25) is 9.58 Å². The van der Waals surface area contributed by atoms with Gasteiger partial charge in [-0.1, -0.05) is 0 Å². The van der Waals surface area contributed by atoms with Crippen molar-refractivity contribution >= 4 is 16.9 Å². The Morgan fingerprint density at radius 3 is 2.66 bits per heavy atom. The molecule has 3 aliphatic heterocycles. The third-order valence-corrected chi connectivity index (χ3v) is 7.84. The molecule has 8 rings (SSSR count). The molecule has 3 saturated heterocycles. The van der Waals surface area contributed by atoms with E-state index in [0.717, 1.165) is 41.8 Å². The third-order valence-electron chi connectivity index (χ3n) is 7.84. The number of anilines is 1. The number of nitrogens with one attached hydrogen (secondary N) is 1. The first-order valence-corrected chi connectivity index (χ1v) is 13.5. The summed E-state index contributed by atoms with van der Waals surface area (Å²) in [5, 5.41) is 15.1. The summed E-state index contributed by atoms with van der Waals surface area (Å²) in [6, 6.07) is 10.5. The van der Waals surface area contributed by atoms with Gasteiger partial charge in [-0.25, -0.2) is 23.7 Å². The Labute approximate surface area is 234 Å². The van der Waals surface area contributed by atoms with Crippen molar-refractivity contribution < 1.29 is 18.6 Å². The van der Waals surface area contributed by atoms with Gasteiger partial charge < -0.3 is 19.7 Å². The summed E-state index contributed by atoms with van der Waals surface area (Å²) in [5.74, 6) is 1.58. The van der Waals surface area contributed by atoms with Crippen LogP contribution in [0.25, 0.3) is 33.7 Å². The number of ether oxygens (including phenoxy) is 1. The number of aromatic hydroxyl groups is 1. The predicted octanol–water partition coefficient (Wildman–Crippen LogP) is 4.08. The highest BCUT2D eigenvalue weighted by atomic mass is 19.1. The van der Waals surface area contributed by atoms with Crippen LogP contribution in [0.2, 0.25) is 0 Å². The maximum absolute atomic E-state index is 13.7. The van der Waals surface area contributed by atoms with Crippen molar-refractivity contribution in [1.29, 1.82) is 0 Å². The molecule has 3 fully saturated rings. The standard InChI is InChI=1S/C29H28F2N8O2/c1-37-13-19(12-33-37)28-35-27(23-10-26(41-7-6-30)34-29(23)36-28)17-2-5-25(32-11-17)38-15-21-9-22(16-38)39(21)14-18-8-20(31)3-4-24(18)40/h2-5,8,10-13,21-22,40H,6-7,9,14-16H2,1H3,(H,34,35,36). The van der Waals surface area contributed by atoms with Crippen molar-refractivity contribution in [3.8, 4) is 34.3 Å². The number of hydrogen-bond donors (Lipinski definition) is 2. The highest BCUT2D eigenvalue weighted by Gasteiger charge is 2.44. The molecule has 4 aromatic heterocycles. The topological polar surface area (TPSA) is 108 Å². The molecular weight excluding hydrogens is 530 g/mol. The highest BCUT2D eigenvalue weighted by molar-refractivity contribution is 5.93. The molecule has 3 aliphatic rings. The fraction of sp³-hybridized carbons (Fsp3) is 0.310. The zero-order chi connectivity index (χ0) is 28.1. The quantitative estimate of drug-likeness (QED) is 0.294. The maximum Gasteiger partial charge on any atom is 0.193 e. The van der Waals surface area contributed by atoms with Gasteiger partial charge in [-0.15, -0.1) is 0 Å². The number of aryl methyl sites for hydroxylation is 1. The minimum Gasteiger partial charge on any atom is -0.508 e. The number of piperazine rings is 1. The van der Waals surface area contributed by atoms with E-state index in [4.69, 9.17) is 14.7 Å². The molecule has 41 heavy (non-hydrogen) atoms. The van der Waals surface area contributed by atoms with Crippen molar-refractivity contribution in [2.45, 2.75) is 25.0 Å². The minimum absolute atomic E-state index is 0.0556. The van der Waals surface area contributed by atoms with Crippen LogP contribution < -0.4 is 9.64 Å². The van der Waals surface area contributed by atoms with E-state index in [1.54, 1.807) is 16.9 Å². The Bertz CT molecular complexity index is 1710. The number of H-pyrrole nitrogens is 1. The van der Waals surface area contributed by atoms with Gasteiger partial charge in [0.05, 0.1) is 17.5 Å². The molecule has 2 atom stereocenters. The fourth-order valence-corrected chi connectivity index (χ4v) is 5.82. The number of pyridine rings is 1. The van der Waals surface area contributed by atoms with Crippen LogP contribution in [-0.4, -0.2) is 78.2 Å². The van der Waals surface area contributed by atoms with E-state index >= 15 is 0 Å².